The first-order valence-electron chi connectivity index (χ1n) is 3.37. The topological polar surface area (TPSA) is 66.7 Å². The molecule has 0 aromatic heterocycles. The van der Waals surface area contributed by atoms with Crippen LogP contribution >= 0.6 is 23.2 Å². The number of aromatic carboxylic acids is 1. The van der Waals surface area contributed by atoms with Gasteiger partial charge in [-0.1, -0.05) is 23.2 Å². The van der Waals surface area contributed by atoms with E-state index in [1.807, 2.05) is 0 Å². The largest absolute Gasteiger partial charge is 0.478 e. The third-order valence-corrected chi connectivity index (χ3v) is 2.33. The van der Waals surface area contributed by atoms with Crippen molar-refractivity contribution in [1.29, 1.82) is 0 Å². The maximum atomic E-state index is 10.6. The molecule has 0 amide bonds. The van der Waals surface area contributed by atoms with Crippen LogP contribution in [0.5, 0.6) is 0 Å². The minimum absolute atomic E-state index is 0.0742. The second-order valence-electron chi connectivity index (χ2n) is 2.27. The zero-order chi connectivity index (χ0) is 10.7. The van der Waals surface area contributed by atoms with E-state index in [1.54, 1.807) is 0 Å². The quantitative estimate of drug-likeness (QED) is 0.629. The van der Waals surface area contributed by atoms with Gasteiger partial charge >= 0.3 is 5.97 Å². The van der Waals surface area contributed by atoms with Crippen LogP contribution in [0.25, 0.3) is 0 Å². The normalized spacial score (nSPS) is 9.29. The Bertz CT molecular complexity index is 411. The number of carboxylic acid groups (broad SMARTS) is 1. The van der Waals surface area contributed by atoms with E-state index in [4.69, 9.17) is 28.3 Å². The molecular weight excluding hydrogens is 229 g/mol. The summed E-state index contributed by atoms with van der Waals surface area (Å²) >= 11 is 11.3. The van der Waals surface area contributed by atoms with E-state index >= 15 is 0 Å². The highest BCUT2D eigenvalue weighted by Gasteiger charge is 2.14. The summed E-state index contributed by atoms with van der Waals surface area (Å²) in [6.45, 7) is 0. The van der Waals surface area contributed by atoms with E-state index in [0.29, 0.717) is 0 Å². The fourth-order valence-electron chi connectivity index (χ4n) is 0.840. The second-order valence-corrected chi connectivity index (χ2v) is 3.02. The number of nitrogens with zero attached hydrogens (tertiary/aromatic N) is 1. The fraction of sp³-hybridized carbons (Fsp3) is 0. The number of benzene rings is 1. The van der Waals surface area contributed by atoms with Crippen molar-refractivity contribution in [1.82, 2.24) is 0 Å². The summed E-state index contributed by atoms with van der Waals surface area (Å²) in [6.07, 6.45) is 1.29. The van der Waals surface area contributed by atoms with Gasteiger partial charge in [-0.25, -0.2) is 9.59 Å². The molecule has 1 aromatic carbocycles. The van der Waals surface area contributed by atoms with Gasteiger partial charge < -0.3 is 5.11 Å². The molecule has 0 saturated heterocycles. The van der Waals surface area contributed by atoms with Gasteiger partial charge in [-0.2, -0.15) is 4.99 Å². The number of halogens is 2. The SMILES string of the molecule is O=C=Nc1ccc(C(=O)O)c(Cl)c1Cl. The summed E-state index contributed by atoms with van der Waals surface area (Å²) in [5.41, 5.74) is -0.0433. The fourth-order valence-corrected chi connectivity index (χ4v) is 1.29. The van der Waals surface area contributed by atoms with Crippen LogP contribution in [0.3, 0.4) is 0 Å². The third kappa shape index (κ3) is 1.93. The molecular formula is C8H3Cl2NO3. The average Bonchev–Trinajstić information content (AvgIpc) is 2.13. The third-order valence-electron chi connectivity index (χ3n) is 1.46. The van der Waals surface area contributed by atoms with Crippen LogP contribution in [0.1, 0.15) is 10.4 Å². The number of carbonyl (C=O) groups is 1. The Labute approximate surface area is 88.8 Å². The summed E-state index contributed by atoms with van der Waals surface area (Å²) in [4.78, 5) is 23.8. The van der Waals surface area contributed by atoms with Gasteiger partial charge in [0, 0.05) is 0 Å². The summed E-state index contributed by atoms with van der Waals surface area (Å²) in [6, 6.07) is 2.50. The average molecular weight is 232 g/mol. The van der Waals surface area contributed by atoms with Crippen molar-refractivity contribution in [3.8, 4) is 0 Å². The van der Waals surface area contributed by atoms with Gasteiger partial charge in [-0.3, -0.25) is 0 Å². The standard InChI is InChI=1S/C8H3Cl2NO3/c9-6-4(8(13)14)1-2-5(7(6)10)11-3-12/h1-2H,(H,13,14). The molecule has 0 heterocycles. The van der Waals surface area contributed by atoms with E-state index < -0.39 is 5.97 Å². The highest BCUT2D eigenvalue weighted by molar-refractivity contribution is 6.45. The second kappa shape index (κ2) is 4.24. The first-order chi connectivity index (χ1) is 6.57. The molecule has 72 valence electrons. The lowest BCUT2D eigenvalue weighted by Crippen LogP contribution is -1.97. The molecule has 0 saturated carbocycles. The molecule has 0 aliphatic carbocycles. The molecule has 0 spiro atoms. The van der Waals surface area contributed by atoms with Gasteiger partial charge in [0.15, 0.2) is 0 Å². The van der Waals surface area contributed by atoms with Crippen LogP contribution in [0, 0.1) is 0 Å². The van der Waals surface area contributed by atoms with Crippen molar-refractivity contribution in [3.05, 3.63) is 27.7 Å². The number of aliphatic imine (C=N–C) groups is 1. The van der Waals surface area contributed by atoms with Crippen molar-refractivity contribution in [2.24, 2.45) is 4.99 Å². The Balaban J connectivity index is 3.40. The highest BCUT2D eigenvalue weighted by Crippen LogP contribution is 2.34. The van der Waals surface area contributed by atoms with E-state index in [9.17, 15) is 9.59 Å². The lowest BCUT2D eigenvalue weighted by Gasteiger charge is -2.02. The first-order valence-corrected chi connectivity index (χ1v) is 4.12. The maximum Gasteiger partial charge on any atom is 0.337 e. The molecule has 14 heavy (non-hydrogen) atoms. The predicted octanol–water partition coefficient (Wildman–Crippen LogP) is 2.66. The molecule has 1 N–H and O–H groups in total. The van der Waals surface area contributed by atoms with Crippen molar-refractivity contribution >= 4 is 40.9 Å². The molecule has 1 aromatic rings. The summed E-state index contributed by atoms with van der Waals surface area (Å²) < 4.78 is 0. The van der Waals surface area contributed by atoms with Gasteiger partial charge in [-0.05, 0) is 12.1 Å². The number of carboxylic acids is 1. The van der Waals surface area contributed by atoms with Gasteiger partial charge in [0.2, 0.25) is 6.08 Å². The van der Waals surface area contributed by atoms with Crippen LogP contribution in [0.4, 0.5) is 5.69 Å². The van der Waals surface area contributed by atoms with Crippen molar-refractivity contribution in [2.45, 2.75) is 0 Å². The van der Waals surface area contributed by atoms with Crippen LogP contribution in [-0.4, -0.2) is 17.2 Å². The van der Waals surface area contributed by atoms with Crippen molar-refractivity contribution in [2.75, 3.05) is 0 Å². The minimum atomic E-state index is -1.20. The molecule has 0 aliphatic heterocycles. The van der Waals surface area contributed by atoms with Crippen LogP contribution in [-0.2, 0) is 4.79 Å². The Morgan fingerprint density at radius 1 is 1.36 bits per heavy atom. The molecule has 0 radical (unpaired) electrons. The van der Waals surface area contributed by atoms with E-state index in [1.165, 1.54) is 18.2 Å². The zero-order valence-corrected chi connectivity index (χ0v) is 8.13. The van der Waals surface area contributed by atoms with Gasteiger partial charge in [-0.15, -0.1) is 0 Å². The Morgan fingerprint density at radius 2 is 2.00 bits per heavy atom. The van der Waals surface area contributed by atoms with E-state index in [-0.39, 0.29) is 21.3 Å². The Hall–Kier alpha value is -1.35. The minimum Gasteiger partial charge on any atom is -0.478 e. The molecule has 0 aliphatic rings. The van der Waals surface area contributed by atoms with Crippen LogP contribution < -0.4 is 0 Å². The van der Waals surface area contributed by atoms with E-state index in [0.717, 1.165) is 0 Å². The lowest BCUT2D eigenvalue weighted by atomic mass is 10.2. The molecule has 0 atom stereocenters. The van der Waals surface area contributed by atoms with Gasteiger partial charge in [0.05, 0.1) is 21.3 Å². The number of hydrogen-bond donors (Lipinski definition) is 1. The molecule has 4 nitrogen and oxygen atoms in total. The highest BCUT2D eigenvalue weighted by atomic mass is 35.5. The van der Waals surface area contributed by atoms with Crippen molar-refractivity contribution < 1.29 is 14.7 Å². The number of hydrogen-bond acceptors (Lipinski definition) is 3. The van der Waals surface area contributed by atoms with Crippen LogP contribution in [0.15, 0.2) is 17.1 Å². The maximum absolute atomic E-state index is 10.6. The monoisotopic (exact) mass is 231 g/mol. The summed E-state index contributed by atoms with van der Waals surface area (Å²) in [5.74, 6) is -1.20. The van der Waals surface area contributed by atoms with Gasteiger partial charge in [0.25, 0.3) is 0 Å². The van der Waals surface area contributed by atoms with Crippen LogP contribution in [0.2, 0.25) is 10.0 Å². The Morgan fingerprint density at radius 3 is 2.50 bits per heavy atom. The smallest absolute Gasteiger partial charge is 0.337 e. The molecule has 0 bridgehead atoms. The number of isocyanates is 1. The lowest BCUT2D eigenvalue weighted by molar-refractivity contribution is 0.0697. The number of carbonyl (C=O) groups excluding carboxylic acids is 1. The summed E-state index contributed by atoms with van der Waals surface area (Å²) in [5, 5.41) is 8.44. The van der Waals surface area contributed by atoms with Gasteiger partial charge in [0.1, 0.15) is 0 Å². The number of rotatable bonds is 2. The molecule has 0 unspecified atom stereocenters. The van der Waals surface area contributed by atoms with E-state index in [2.05, 4.69) is 4.99 Å². The predicted molar refractivity (Wildman–Crippen MR) is 51.2 cm³/mol. The molecule has 6 heteroatoms. The molecule has 0 fully saturated rings. The first kappa shape index (κ1) is 10.7. The summed E-state index contributed by atoms with van der Waals surface area (Å²) in [7, 11) is 0. The Kier molecular flexibility index (Phi) is 3.25. The zero-order valence-electron chi connectivity index (χ0n) is 6.62. The van der Waals surface area contributed by atoms with Crippen molar-refractivity contribution in [3.63, 3.8) is 0 Å². The molecule has 1 rings (SSSR count).